The molecule has 0 bridgehead atoms. The number of hydrogen-bond acceptors (Lipinski definition) is 4. The first-order valence-electron chi connectivity index (χ1n) is 8.44. The highest BCUT2D eigenvalue weighted by molar-refractivity contribution is 5.98. The first kappa shape index (κ1) is 18.9. The molecule has 2 amide bonds. The van der Waals surface area contributed by atoms with Crippen molar-refractivity contribution in [3.05, 3.63) is 29.8 Å². The van der Waals surface area contributed by atoms with Crippen molar-refractivity contribution in [1.29, 1.82) is 0 Å². The summed E-state index contributed by atoms with van der Waals surface area (Å²) in [6.45, 7) is 0.691. The number of benzene rings is 1. The maximum absolute atomic E-state index is 12.3. The van der Waals surface area contributed by atoms with Gasteiger partial charge in [-0.3, -0.25) is 9.59 Å². The molecule has 1 fully saturated rings. The Kier molecular flexibility index (Phi) is 6.14. The van der Waals surface area contributed by atoms with Gasteiger partial charge in [0.05, 0.1) is 6.54 Å². The Morgan fingerprint density at radius 1 is 1.20 bits per heavy atom. The molecule has 1 aromatic rings. The lowest BCUT2D eigenvalue weighted by Gasteiger charge is -2.21. The largest absolute Gasteiger partial charge is 0.479 e. The van der Waals surface area contributed by atoms with Crippen LogP contribution in [0, 0.1) is 5.92 Å². The van der Waals surface area contributed by atoms with E-state index in [0.29, 0.717) is 5.69 Å². The van der Waals surface area contributed by atoms with Gasteiger partial charge in [0.2, 0.25) is 5.91 Å². The molecule has 2 rings (SSSR count). The van der Waals surface area contributed by atoms with Crippen molar-refractivity contribution in [3.63, 3.8) is 0 Å². The predicted octanol–water partition coefficient (Wildman–Crippen LogP) is 1.77. The van der Waals surface area contributed by atoms with Gasteiger partial charge in [-0.25, -0.2) is 4.79 Å². The fraction of sp³-hybridized carbons (Fsp3) is 0.500. The lowest BCUT2D eigenvalue weighted by atomic mass is 9.88. The van der Waals surface area contributed by atoms with Crippen molar-refractivity contribution < 1.29 is 24.6 Å². The van der Waals surface area contributed by atoms with Crippen LogP contribution in [0.5, 0.6) is 0 Å². The number of aliphatic carboxylic acids is 1. The molecule has 0 spiro atoms. The standard InChI is InChI=1S/C18H24N2O5/c1-18(25,17(23)24)11-19-15(21)13-8-5-9-14(10-13)20-16(22)12-6-3-2-4-7-12/h5,8-10,12,25H,2-4,6-7,11H2,1H3,(H,19,21)(H,20,22)(H,23,24). The molecule has 0 saturated heterocycles. The quantitative estimate of drug-likeness (QED) is 0.625. The second-order valence-electron chi connectivity index (χ2n) is 6.67. The van der Waals surface area contributed by atoms with Crippen LogP contribution in [0.2, 0.25) is 0 Å². The normalized spacial score (nSPS) is 17.4. The van der Waals surface area contributed by atoms with Gasteiger partial charge in [0.15, 0.2) is 5.60 Å². The van der Waals surface area contributed by atoms with E-state index in [1.54, 1.807) is 18.2 Å². The lowest BCUT2D eigenvalue weighted by Crippen LogP contribution is -2.46. The highest BCUT2D eigenvalue weighted by Crippen LogP contribution is 2.25. The Morgan fingerprint density at radius 2 is 1.88 bits per heavy atom. The summed E-state index contributed by atoms with van der Waals surface area (Å²) in [6, 6.07) is 6.43. The maximum atomic E-state index is 12.3. The summed E-state index contributed by atoms with van der Waals surface area (Å²) in [5.74, 6) is -1.96. The van der Waals surface area contributed by atoms with Gasteiger partial charge in [-0.15, -0.1) is 0 Å². The molecule has 0 aromatic heterocycles. The molecule has 1 unspecified atom stereocenters. The molecule has 1 aliphatic carbocycles. The fourth-order valence-electron chi connectivity index (χ4n) is 2.78. The van der Waals surface area contributed by atoms with Gasteiger partial charge in [-0.2, -0.15) is 0 Å². The number of anilines is 1. The highest BCUT2D eigenvalue weighted by atomic mass is 16.4. The van der Waals surface area contributed by atoms with E-state index in [4.69, 9.17) is 5.11 Å². The topological polar surface area (TPSA) is 116 Å². The van der Waals surface area contributed by atoms with Gasteiger partial charge in [-0.1, -0.05) is 25.3 Å². The maximum Gasteiger partial charge on any atom is 0.337 e. The number of nitrogens with one attached hydrogen (secondary N) is 2. The van der Waals surface area contributed by atoms with Crippen LogP contribution in [0.4, 0.5) is 5.69 Å². The van der Waals surface area contributed by atoms with Crippen molar-refractivity contribution in [2.45, 2.75) is 44.6 Å². The van der Waals surface area contributed by atoms with Crippen molar-refractivity contribution in [3.8, 4) is 0 Å². The fourth-order valence-corrected chi connectivity index (χ4v) is 2.78. The SMILES string of the molecule is CC(O)(CNC(=O)c1cccc(NC(=O)C2CCCCC2)c1)C(=O)O. The molecule has 0 radical (unpaired) electrons. The Labute approximate surface area is 146 Å². The van der Waals surface area contributed by atoms with Crippen LogP contribution in [0.3, 0.4) is 0 Å². The van der Waals surface area contributed by atoms with Crippen LogP contribution >= 0.6 is 0 Å². The smallest absolute Gasteiger partial charge is 0.337 e. The number of hydrogen-bond donors (Lipinski definition) is 4. The van der Waals surface area contributed by atoms with Gasteiger partial charge in [0.1, 0.15) is 0 Å². The molecular formula is C18H24N2O5. The molecular weight excluding hydrogens is 324 g/mol. The van der Waals surface area contributed by atoms with Crippen molar-refractivity contribution in [2.75, 3.05) is 11.9 Å². The molecule has 4 N–H and O–H groups in total. The molecule has 1 aliphatic rings. The minimum Gasteiger partial charge on any atom is -0.479 e. The molecule has 1 aromatic carbocycles. The summed E-state index contributed by atoms with van der Waals surface area (Å²) in [4.78, 5) is 35.2. The van der Waals surface area contributed by atoms with E-state index in [1.807, 2.05) is 0 Å². The second-order valence-corrected chi connectivity index (χ2v) is 6.67. The summed E-state index contributed by atoms with van der Waals surface area (Å²) in [7, 11) is 0. The number of carbonyl (C=O) groups excluding carboxylic acids is 2. The minimum atomic E-state index is -2.04. The average Bonchev–Trinajstić information content (AvgIpc) is 2.60. The molecule has 136 valence electrons. The summed E-state index contributed by atoms with van der Waals surface area (Å²) in [6.07, 6.45) is 5.06. The molecule has 25 heavy (non-hydrogen) atoms. The minimum absolute atomic E-state index is 0.0110. The van der Waals surface area contributed by atoms with Crippen LogP contribution in [-0.4, -0.2) is 40.1 Å². The molecule has 1 saturated carbocycles. The third-order valence-electron chi connectivity index (χ3n) is 4.42. The van der Waals surface area contributed by atoms with E-state index < -0.39 is 24.0 Å². The van der Waals surface area contributed by atoms with E-state index in [1.165, 1.54) is 12.5 Å². The number of rotatable bonds is 6. The Bertz CT molecular complexity index is 651. The van der Waals surface area contributed by atoms with Gasteiger partial charge in [0.25, 0.3) is 5.91 Å². The number of carboxylic acids is 1. The average molecular weight is 348 g/mol. The molecule has 1 atom stereocenters. The molecule has 0 heterocycles. The van der Waals surface area contributed by atoms with Crippen LogP contribution < -0.4 is 10.6 Å². The number of carboxylic acid groups (broad SMARTS) is 1. The monoisotopic (exact) mass is 348 g/mol. The molecule has 7 nitrogen and oxygen atoms in total. The lowest BCUT2D eigenvalue weighted by molar-refractivity contribution is -0.155. The van der Waals surface area contributed by atoms with E-state index in [2.05, 4.69) is 10.6 Å². The molecule has 0 aliphatic heterocycles. The van der Waals surface area contributed by atoms with Crippen LogP contribution in [0.1, 0.15) is 49.4 Å². The second kappa shape index (κ2) is 8.11. The van der Waals surface area contributed by atoms with Crippen LogP contribution in [0.15, 0.2) is 24.3 Å². The zero-order valence-electron chi connectivity index (χ0n) is 14.2. The van der Waals surface area contributed by atoms with Gasteiger partial charge < -0.3 is 20.8 Å². The number of amides is 2. The number of aliphatic hydroxyl groups is 1. The highest BCUT2D eigenvalue weighted by Gasteiger charge is 2.30. The van der Waals surface area contributed by atoms with Crippen LogP contribution in [0.25, 0.3) is 0 Å². The zero-order valence-corrected chi connectivity index (χ0v) is 14.2. The van der Waals surface area contributed by atoms with E-state index >= 15 is 0 Å². The third-order valence-corrected chi connectivity index (χ3v) is 4.42. The van der Waals surface area contributed by atoms with Crippen molar-refractivity contribution in [2.24, 2.45) is 5.92 Å². The molecule has 7 heteroatoms. The zero-order chi connectivity index (χ0) is 18.4. The van der Waals surface area contributed by atoms with E-state index in [-0.39, 0.29) is 17.4 Å². The first-order chi connectivity index (χ1) is 11.8. The Hall–Kier alpha value is -2.41. The summed E-state index contributed by atoms with van der Waals surface area (Å²) in [5, 5.41) is 23.7. The van der Waals surface area contributed by atoms with Crippen LogP contribution in [-0.2, 0) is 9.59 Å². The van der Waals surface area contributed by atoms with Crippen molar-refractivity contribution >= 4 is 23.5 Å². The number of carbonyl (C=O) groups is 3. The summed E-state index contributed by atoms with van der Waals surface area (Å²) >= 11 is 0. The predicted molar refractivity (Wildman–Crippen MR) is 92.2 cm³/mol. The van der Waals surface area contributed by atoms with E-state index in [0.717, 1.165) is 32.6 Å². The van der Waals surface area contributed by atoms with Gasteiger partial charge in [-0.05, 0) is 38.0 Å². The summed E-state index contributed by atoms with van der Waals surface area (Å²) < 4.78 is 0. The third kappa shape index (κ3) is 5.29. The van der Waals surface area contributed by atoms with Gasteiger partial charge in [0, 0.05) is 17.2 Å². The Balaban J connectivity index is 1.96. The van der Waals surface area contributed by atoms with Gasteiger partial charge >= 0.3 is 5.97 Å². The summed E-state index contributed by atoms with van der Waals surface area (Å²) in [5.41, 5.74) is -1.24. The van der Waals surface area contributed by atoms with E-state index in [9.17, 15) is 19.5 Å². The Morgan fingerprint density at radius 3 is 2.52 bits per heavy atom. The first-order valence-corrected chi connectivity index (χ1v) is 8.44. The van der Waals surface area contributed by atoms with Crippen molar-refractivity contribution in [1.82, 2.24) is 5.32 Å².